The number of amides is 1. The standard InChI is InChI=1S/C10H11N5O3S/c1-14(17)10(16)18-6-7-2-4-8(5-3-7)15-9(19)11-12-13-15/h2-5,17H,6H2,1H3,(H,11,13,19). The smallest absolute Gasteiger partial charge is 0.433 e. The Balaban J connectivity index is 2.03. The van der Waals surface area contributed by atoms with Crippen LogP contribution in [-0.4, -0.2) is 43.6 Å². The van der Waals surface area contributed by atoms with Crippen LogP contribution in [0.4, 0.5) is 4.79 Å². The maximum atomic E-state index is 11.0. The Hall–Kier alpha value is -2.13. The van der Waals surface area contributed by atoms with E-state index in [1.54, 1.807) is 24.3 Å². The van der Waals surface area contributed by atoms with Crippen molar-refractivity contribution in [1.82, 2.24) is 25.3 Å². The van der Waals surface area contributed by atoms with E-state index in [0.717, 1.165) is 11.3 Å². The second kappa shape index (κ2) is 5.67. The van der Waals surface area contributed by atoms with E-state index in [-0.39, 0.29) is 6.61 Å². The quantitative estimate of drug-likeness (QED) is 0.493. The molecule has 1 heterocycles. The lowest BCUT2D eigenvalue weighted by Crippen LogP contribution is -2.23. The summed E-state index contributed by atoms with van der Waals surface area (Å²) in [5.41, 5.74) is 1.51. The SMILES string of the molecule is CN(O)C(=O)OCc1ccc(-n2nnnc2S)cc1. The average molecular weight is 281 g/mol. The minimum Gasteiger partial charge on any atom is -0.443 e. The maximum Gasteiger partial charge on any atom is 0.433 e. The van der Waals surface area contributed by atoms with Crippen molar-refractivity contribution < 1.29 is 14.7 Å². The van der Waals surface area contributed by atoms with Gasteiger partial charge in [0.1, 0.15) is 6.61 Å². The number of ether oxygens (including phenoxy) is 1. The molecule has 1 aromatic carbocycles. The molecule has 0 saturated carbocycles. The summed E-state index contributed by atoms with van der Waals surface area (Å²) in [6.07, 6.45) is -0.817. The number of hydrogen-bond donors (Lipinski definition) is 2. The lowest BCUT2D eigenvalue weighted by molar-refractivity contribution is -0.0551. The zero-order valence-electron chi connectivity index (χ0n) is 9.96. The number of aromatic nitrogens is 4. The van der Waals surface area contributed by atoms with Crippen LogP contribution in [0.5, 0.6) is 0 Å². The summed E-state index contributed by atoms with van der Waals surface area (Å²) in [5.74, 6) is 0. The first-order valence-corrected chi connectivity index (χ1v) is 5.68. The molecular weight excluding hydrogens is 270 g/mol. The van der Waals surface area contributed by atoms with Crippen LogP contribution >= 0.6 is 12.6 Å². The zero-order valence-corrected chi connectivity index (χ0v) is 10.9. The Bertz CT molecular complexity index is 569. The van der Waals surface area contributed by atoms with Crippen LogP contribution in [-0.2, 0) is 11.3 Å². The Morgan fingerprint density at radius 3 is 2.68 bits per heavy atom. The molecule has 1 N–H and O–H groups in total. The van der Waals surface area contributed by atoms with E-state index in [0.29, 0.717) is 10.2 Å². The number of hydrogen-bond acceptors (Lipinski definition) is 7. The third-order valence-electron chi connectivity index (χ3n) is 2.26. The fraction of sp³-hybridized carbons (Fsp3) is 0.200. The third-order valence-corrected chi connectivity index (χ3v) is 2.54. The van der Waals surface area contributed by atoms with Crippen LogP contribution in [0.3, 0.4) is 0 Å². The van der Waals surface area contributed by atoms with Gasteiger partial charge in [0.2, 0.25) is 5.16 Å². The Kier molecular flexibility index (Phi) is 3.97. The van der Waals surface area contributed by atoms with Crippen LogP contribution in [0.25, 0.3) is 5.69 Å². The molecule has 2 rings (SSSR count). The van der Waals surface area contributed by atoms with Crippen LogP contribution in [0, 0.1) is 0 Å². The highest BCUT2D eigenvalue weighted by molar-refractivity contribution is 7.80. The number of carbonyl (C=O) groups excluding carboxylic acids is 1. The largest absolute Gasteiger partial charge is 0.443 e. The van der Waals surface area contributed by atoms with Crippen LogP contribution < -0.4 is 0 Å². The van der Waals surface area contributed by atoms with Gasteiger partial charge in [-0.05, 0) is 28.1 Å². The van der Waals surface area contributed by atoms with Crippen molar-refractivity contribution in [3.8, 4) is 5.69 Å². The molecule has 0 aliphatic rings. The third kappa shape index (κ3) is 3.20. The number of hydroxylamine groups is 2. The minimum absolute atomic E-state index is 0.0628. The minimum atomic E-state index is -0.817. The predicted molar refractivity (Wildman–Crippen MR) is 66.1 cm³/mol. The van der Waals surface area contributed by atoms with Crippen LogP contribution in [0.15, 0.2) is 29.4 Å². The van der Waals surface area contributed by atoms with Crippen LogP contribution in [0.1, 0.15) is 5.56 Å². The molecule has 2 aromatic rings. The van der Waals surface area contributed by atoms with Gasteiger partial charge in [-0.3, -0.25) is 5.21 Å². The van der Waals surface area contributed by atoms with Crippen molar-refractivity contribution in [2.75, 3.05) is 7.05 Å². The molecule has 0 fully saturated rings. The second-order valence-electron chi connectivity index (χ2n) is 3.64. The second-order valence-corrected chi connectivity index (χ2v) is 4.04. The molecule has 0 radical (unpaired) electrons. The van der Waals surface area contributed by atoms with E-state index in [1.807, 2.05) is 0 Å². The van der Waals surface area contributed by atoms with Gasteiger partial charge in [-0.25, -0.2) is 4.79 Å². The van der Waals surface area contributed by atoms with Gasteiger partial charge in [0.25, 0.3) is 0 Å². The number of benzene rings is 1. The van der Waals surface area contributed by atoms with Crippen molar-refractivity contribution >= 4 is 18.7 Å². The van der Waals surface area contributed by atoms with Crippen molar-refractivity contribution in [1.29, 1.82) is 0 Å². The summed E-state index contributed by atoms with van der Waals surface area (Å²) in [7, 11) is 1.19. The molecule has 8 nitrogen and oxygen atoms in total. The van der Waals surface area contributed by atoms with E-state index >= 15 is 0 Å². The fourth-order valence-electron chi connectivity index (χ4n) is 1.32. The molecule has 0 aliphatic heterocycles. The first kappa shape index (κ1) is 13.3. The highest BCUT2D eigenvalue weighted by Gasteiger charge is 2.07. The molecule has 100 valence electrons. The molecule has 0 bridgehead atoms. The van der Waals surface area contributed by atoms with Crippen molar-refractivity contribution in [2.24, 2.45) is 0 Å². The van der Waals surface area contributed by atoms with Crippen molar-refractivity contribution in [2.45, 2.75) is 11.8 Å². The van der Waals surface area contributed by atoms with Gasteiger partial charge < -0.3 is 4.74 Å². The van der Waals surface area contributed by atoms with Gasteiger partial charge in [-0.2, -0.15) is 9.75 Å². The number of thiol groups is 1. The van der Waals surface area contributed by atoms with E-state index in [9.17, 15) is 4.79 Å². The topological polar surface area (TPSA) is 93.4 Å². The molecule has 0 aliphatic carbocycles. The predicted octanol–water partition coefficient (Wildman–Crippen LogP) is 0.909. The van der Waals surface area contributed by atoms with Crippen LogP contribution in [0.2, 0.25) is 0 Å². The highest BCUT2D eigenvalue weighted by Crippen LogP contribution is 2.12. The van der Waals surface area contributed by atoms with E-state index in [2.05, 4.69) is 28.2 Å². The number of tetrazole rings is 1. The molecule has 0 unspecified atom stereocenters. The van der Waals surface area contributed by atoms with Gasteiger partial charge in [0.15, 0.2) is 0 Å². The molecule has 0 atom stereocenters. The lowest BCUT2D eigenvalue weighted by atomic mass is 10.2. The summed E-state index contributed by atoms with van der Waals surface area (Å²) < 4.78 is 6.28. The highest BCUT2D eigenvalue weighted by atomic mass is 32.1. The molecule has 19 heavy (non-hydrogen) atoms. The molecule has 1 amide bonds. The van der Waals surface area contributed by atoms with Crippen molar-refractivity contribution in [3.05, 3.63) is 29.8 Å². The summed E-state index contributed by atoms with van der Waals surface area (Å²) >= 11 is 4.10. The molecule has 1 aromatic heterocycles. The average Bonchev–Trinajstić information content (AvgIpc) is 2.82. The molecular formula is C10H11N5O3S. The van der Waals surface area contributed by atoms with E-state index in [1.165, 1.54) is 11.7 Å². The monoisotopic (exact) mass is 281 g/mol. The molecule has 0 spiro atoms. The summed E-state index contributed by atoms with van der Waals surface area (Å²) in [5, 5.41) is 20.5. The summed E-state index contributed by atoms with van der Waals surface area (Å²) in [6, 6.07) is 7.05. The fourth-order valence-corrected chi connectivity index (χ4v) is 1.52. The van der Waals surface area contributed by atoms with Gasteiger partial charge in [0.05, 0.1) is 5.69 Å². The van der Waals surface area contributed by atoms with E-state index < -0.39 is 6.09 Å². The number of nitrogens with zero attached hydrogens (tertiary/aromatic N) is 5. The first-order chi connectivity index (χ1) is 9.08. The lowest BCUT2D eigenvalue weighted by Gasteiger charge is -2.09. The zero-order chi connectivity index (χ0) is 13.8. The van der Waals surface area contributed by atoms with E-state index in [4.69, 9.17) is 9.94 Å². The molecule has 0 saturated heterocycles. The molecule has 9 heteroatoms. The maximum absolute atomic E-state index is 11.0. The normalized spacial score (nSPS) is 10.3. The Labute approximate surface area is 114 Å². The van der Waals surface area contributed by atoms with Gasteiger partial charge >= 0.3 is 6.09 Å². The first-order valence-electron chi connectivity index (χ1n) is 5.24. The van der Waals surface area contributed by atoms with Gasteiger partial charge in [-0.1, -0.05) is 12.1 Å². The summed E-state index contributed by atoms with van der Waals surface area (Å²) in [4.78, 5) is 11.0. The van der Waals surface area contributed by atoms with Crippen molar-refractivity contribution in [3.63, 3.8) is 0 Å². The number of rotatable bonds is 3. The van der Waals surface area contributed by atoms with Gasteiger partial charge in [0, 0.05) is 7.05 Å². The van der Waals surface area contributed by atoms with Gasteiger partial charge in [-0.15, -0.1) is 17.7 Å². The summed E-state index contributed by atoms with van der Waals surface area (Å²) in [6.45, 7) is 0.0628. The Morgan fingerprint density at radius 1 is 1.47 bits per heavy atom. The Morgan fingerprint density at radius 2 is 2.16 bits per heavy atom. The number of carbonyl (C=O) groups is 1.